The highest BCUT2D eigenvalue weighted by molar-refractivity contribution is 7.17. The highest BCUT2D eigenvalue weighted by atomic mass is 32.1. The number of nitrogens with zero attached hydrogens (tertiary/aromatic N) is 3. The molecule has 0 fully saturated rings. The molecule has 0 bridgehead atoms. The number of aromatic nitrogens is 2. The molecule has 5 nitrogen and oxygen atoms in total. The van der Waals surface area contributed by atoms with E-state index in [2.05, 4.69) is 36.3 Å². The van der Waals surface area contributed by atoms with Crippen LogP contribution >= 0.6 is 11.3 Å². The molecule has 0 spiro atoms. The van der Waals surface area contributed by atoms with E-state index < -0.39 is 0 Å². The van der Waals surface area contributed by atoms with Gasteiger partial charge in [0.15, 0.2) is 0 Å². The Kier molecular flexibility index (Phi) is 6.77. The van der Waals surface area contributed by atoms with Gasteiger partial charge in [-0.15, -0.1) is 10.2 Å². The van der Waals surface area contributed by atoms with Crippen LogP contribution in [-0.4, -0.2) is 40.1 Å². The van der Waals surface area contributed by atoms with Crippen molar-refractivity contribution in [2.24, 2.45) is 0 Å². The lowest BCUT2D eigenvalue weighted by molar-refractivity contribution is 0.0684. The molecule has 0 aliphatic carbocycles. The van der Waals surface area contributed by atoms with E-state index in [1.807, 2.05) is 11.8 Å². The summed E-state index contributed by atoms with van der Waals surface area (Å²) < 4.78 is 0. The van der Waals surface area contributed by atoms with Crippen LogP contribution in [0.15, 0.2) is 0 Å². The number of amides is 1. The number of rotatable bonds is 8. The van der Waals surface area contributed by atoms with E-state index in [9.17, 15) is 4.79 Å². The normalized spacial score (nSPS) is 12.2. The molecule has 108 valence electrons. The summed E-state index contributed by atoms with van der Waals surface area (Å²) in [5.41, 5.74) is 0. The lowest BCUT2D eigenvalue weighted by Crippen LogP contribution is -2.39. The van der Waals surface area contributed by atoms with E-state index in [0.29, 0.717) is 10.1 Å². The first kappa shape index (κ1) is 15.9. The molecular weight excluding hydrogens is 260 g/mol. The number of anilines is 1. The average molecular weight is 284 g/mol. The van der Waals surface area contributed by atoms with Crippen molar-refractivity contribution in [3.8, 4) is 0 Å². The third-order valence-corrected chi connectivity index (χ3v) is 3.94. The smallest absolute Gasteiger partial charge is 0.285 e. The Balaban J connectivity index is 2.78. The van der Waals surface area contributed by atoms with E-state index in [4.69, 9.17) is 0 Å². The minimum absolute atomic E-state index is 0.00412. The quantitative estimate of drug-likeness (QED) is 0.797. The molecule has 0 radical (unpaired) electrons. The number of carbonyl (C=O) groups is 1. The van der Waals surface area contributed by atoms with Crippen molar-refractivity contribution in [3.63, 3.8) is 0 Å². The third-order valence-electron chi connectivity index (χ3n) is 3.07. The molecular formula is C13H24N4OS. The molecule has 1 unspecified atom stereocenters. The van der Waals surface area contributed by atoms with E-state index in [1.54, 1.807) is 0 Å². The predicted molar refractivity (Wildman–Crippen MR) is 79.8 cm³/mol. The molecule has 19 heavy (non-hydrogen) atoms. The Hall–Kier alpha value is -1.17. The van der Waals surface area contributed by atoms with E-state index in [0.717, 1.165) is 32.4 Å². The second-order valence-corrected chi connectivity index (χ2v) is 5.53. The maximum Gasteiger partial charge on any atom is 0.285 e. The zero-order valence-corrected chi connectivity index (χ0v) is 13.1. The van der Waals surface area contributed by atoms with Crippen LogP contribution in [-0.2, 0) is 0 Å². The molecule has 6 heteroatoms. The highest BCUT2D eigenvalue weighted by Crippen LogP contribution is 2.19. The summed E-state index contributed by atoms with van der Waals surface area (Å²) in [6.07, 6.45) is 3.06. The molecule has 0 saturated heterocycles. The van der Waals surface area contributed by atoms with Crippen LogP contribution in [0.1, 0.15) is 56.8 Å². The Morgan fingerprint density at radius 1 is 1.37 bits per heavy atom. The average Bonchev–Trinajstić information content (AvgIpc) is 2.87. The van der Waals surface area contributed by atoms with Crippen molar-refractivity contribution < 1.29 is 4.79 Å². The van der Waals surface area contributed by atoms with Gasteiger partial charge >= 0.3 is 0 Å². The van der Waals surface area contributed by atoms with Crippen LogP contribution in [0.5, 0.6) is 0 Å². The molecule has 1 rings (SSSR count). The zero-order valence-electron chi connectivity index (χ0n) is 12.3. The van der Waals surface area contributed by atoms with Gasteiger partial charge in [-0.3, -0.25) is 4.79 Å². The van der Waals surface area contributed by atoms with Crippen LogP contribution in [0.25, 0.3) is 0 Å². The summed E-state index contributed by atoms with van der Waals surface area (Å²) >= 11 is 1.33. The molecule has 1 aromatic rings. The standard InChI is InChI=1S/C13H24N4OS/c1-5-8-9-17(10(4)6-2)12(18)11-15-16-13(19-11)14-7-3/h10H,5-9H2,1-4H3,(H,14,16). The van der Waals surface area contributed by atoms with E-state index in [1.165, 1.54) is 11.3 Å². The number of hydrogen-bond donors (Lipinski definition) is 1. The first-order valence-corrected chi connectivity index (χ1v) is 7.83. The second kappa shape index (κ2) is 8.09. The molecule has 1 aromatic heterocycles. The van der Waals surface area contributed by atoms with Crippen LogP contribution < -0.4 is 5.32 Å². The summed E-state index contributed by atoms with van der Waals surface area (Å²) in [6.45, 7) is 9.89. The lowest BCUT2D eigenvalue weighted by atomic mass is 10.2. The van der Waals surface area contributed by atoms with Gasteiger partial charge in [-0.2, -0.15) is 0 Å². The molecule has 0 saturated carbocycles. The summed E-state index contributed by atoms with van der Waals surface area (Å²) in [5, 5.41) is 12.3. The van der Waals surface area contributed by atoms with Crippen molar-refractivity contribution in [1.82, 2.24) is 15.1 Å². The first-order valence-electron chi connectivity index (χ1n) is 7.02. The van der Waals surface area contributed by atoms with Crippen LogP contribution in [0.4, 0.5) is 5.13 Å². The predicted octanol–water partition coefficient (Wildman–Crippen LogP) is 3.01. The summed E-state index contributed by atoms with van der Waals surface area (Å²) in [4.78, 5) is 14.4. The van der Waals surface area contributed by atoms with Crippen molar-refractivity contribution in [2.75, 3.05) is 18.4 Å². The molecule has 1 heterocycles. The largest absolute Gasteiger partial charge is 0.360 e. The fraction of sp³-hybridized carbons (Fsp3) is 0.769. The van der Waals surface area contributed by atoms with Crippen molar-refractivity contribution in [3.05, 3.63) is 5.01 Å². The van der Waals surface area contributed by atoms with E-state index >= 15 is 0 Å². The van der Waals surface area contributed by atoms with Gasteiger partial charge < -0.3 is 10.2 Å². The minimum Gasteiger partial charge on any atom is -0.360 e. The fourth-order valence-electron chi connectivity index (χ4n) is 1.73. The van der Waals surface area contributed by atoms with Gasteiger partial charge in [0.25, 0.3) is 5.91 Å². The SMILES string of the molecule is CCCCN(C(=O)c1nnc(NCC)s1)C(C)CC. The van der Waals surface area contributed by atoms with Crippen molar-refractivity contribution >= 4 is 22.4 Å². The highest BCUT2D eigenvalue weighted by Gasteiger charge is 2.23. The van der Waals surface area contributed by atoms with Gasteiger partial charge in [-0.25, -0.2) is 0 Å². The zero-order chi connectivity index (χ0) is 14.3. The number of hydrogen-bond acceptors (Lipinski definition) is 5. The maximum atomic E-state index is 12.5. The third kappa shape index (κ3) is 4.45. The maximum absolute atomic E-state index is 12.5. The van der Waals surface area contributed by atoms with Gasteiger partial charge in [0.1, 0.15) is 0 Å². The Labute approximate surface area is 119 Å². The molecule has 1 N–H and O–H groups in total. The Morgan fingerprint density at radius 3 is 2.68 bits per heavy atom. The van der Waals surface area contributed by atoms with Crippen molar-refractivity contribution in [2.45, 2.75) is 53.0 Å². The van der Waals surface area contributed by atoms with Crippen LogP contribution in [0, 0.1) is 0 Å². The number of unbranched alkanes of at least 4 members (excludes halogenated alkanes) is 1. The molecule has 0 aliphatic rings. The topological polar surface area (TPSA) is 58.1 Å². The first-order chi connectivity index (χ1) is 9.13. The molecule has 0 aliphatic heterocycles. The number of carbonyl (C=O) groups excluding carboxylic acids is 1. The lowest BCUT2D eigenvalue weighted by Gasteiger charge is -2.27. The summed E-state index contributed by atoms with van der Waals surface area (Å²) in [7, 11) is 0. The molecule has 0 aromatic carbocycles. The van der Waals surface area contributed by atoms with E-state index in [-0.39, 0.29) is 11.9 Å². The molecule has 1 atom stereocenters. The minimum atomic E-state index is 0.00412. The summed E-state index contributed by atoms with van der Waals surface area (Å²) in [5.74, 6) is 0.00412. The van der Waals surface area contributed by atoms with Gasteiger partial charge in [0.05, 0.1) is 0 Å². The van der Waals surface area contributed by atoms with Gasteiger partial charge in [-0.05, 0) is 26.7 Å². The summed E-state index contributed by atoms with van der Waals surface area (Å²) in [6, 6.07) is 0.241. The van der Waals surface area contributed by atoms with Crippen molar-refractivity contribution in [1.29, 1.82) is 0 Å². The monoisotopic (exact) mass is 284 g/mol. The van der Waals surface area contributed by atoms with Gasteiger partial charge in [-0.1, -0.05) is 31.6 Å². The van der Waals surface area contributed by atoms with Gasteiger partial charge in [0, 0.05) is 19.1 Å². The molecule has 1 amide bonds. The van der Waals surface area contributed by atoms with Crippen LogP contribution in [0.3, 0.4) is 0 Å². The van der Waals surface area contributed by atoms with Gasteiger partial charge in [0.2, 0.25) is 10.1 Å². The van der Waals surface area contributed by atoms with Crippen LogP contribution in [0.2, 0.25) is 0 Å². The Morgan fingerprint density at radius 2 is 2.11 bits per heavy atom. The number of nitrogens with one attached hydrogen (secondary N) is 1. The fourth-order valence-corrected chi connectivity index (χ4v) is 2.49. The Bertz CT molecular complexity index is 394. The second-order valence-electron chi connectivity index (χ2n) is 4.55.